The largest absolute Gasteiger partial charge is 0.399 e. The van der Waals surface area contributed by atoms with Crippen molar-refractivity contribution in [1.82, 2.24) is 5.32 Å². The Morgan fingerprint density at radius 3 is 2.42 bits per heavy atom. The van der Waals surface area contributed by atoms with Crippen LogP contribution in [-0.4, -0.2) is 18.8 Å². The number of anilines is 1. The molecule has 1 atom stereocenters. The molecule has 1 aromatic rings. The van der Waals surface area contributed by atoms with Crippen LogP contribution >= 0.6 is 0 Å². The smallest absolute Gasteiger partial charge is 0.0626 e. The number of rotatable bonds is 3. The Morgan fingerprint density at radius 2 is 2.00 bits per heavy atom. The predicted octanol–water partition coefficient (Wildman–Crippen LogP) is 0.522. The molecule has 12 heavy (non-hydrogen) atoms. The molecule has 66 valence electrons. The number of nitrogens with one attached hydrogen (secondary N) is 1. The van der Waals surface area contributed by atoms with Crippen molar-refractivity contribution in [3.63, 3.8) is 0 Å². The lowest BCUT2D eigenvalue weighted by molar-refractivity contribution is 0.251. The van der Waals surface area contributed by atoms with E-state index < -0.39 is 0 Å². The molecule has 0 spiro atoms. The second-order valence-electron chi connectivity index (χ2n) is 2.69. The molecule has 0 aliphatic carbocycles. The van der Waals surface area contributed by atoms with E-state index >= 15 is 0 Å². The van der Waals surface area contributed by atoms with Crippen molar-refractivity contribution in [3.8, 4) is 0 Å². The maximum Gasteiger partial charge on any atom is 0.0626 e. The van der Waals surface area contributed by atoms with Crippen molar-refractivity contribution < 1.29 is 5.11 Å². The molecule has 0 saturated carbocycles. The zero-order valence-corrected chi connectivity index (χ0v) is 7.12. The van der Waals surface area contributed by atoms with Gasteiger partial charge < -0.3 is 16.2 Å². The first-order chi connectivity index (χ1) is 5.77. The van der Waals surface area contributed by atoms with Crippen LogP contribution in [0.1, 0.15) is 11.6 Å². The van der Waals surface area contributed by atoms with Gasteiger partial charge in [-0.2, -0.15) is 0 Å². The normalized spacial score (nSPS) is 12.8. The molecule has 0 aromatic heterocycles. The van der Waals surface area contributed by atoms with Crippen LogP contribution in [0.5, 0.6) is 0 Å². The third-order valence-electron chi connectivity index (χ3n) is 1.87. The average Bonchev–Trinajstić information content (AvgIpc) is 2.10. The summed E-state index contributed by atoms with van der Waals surface area (Å²) in [4.78, 5) is 0. The lowest BCUT2D eigenvalue weighted by atomic mass is 10.1. The Morgan fingerprint density at radius 1 is 1.42 bits per heavy atom. The Balaban J connectivity index is 2.80. The number of nitrogen functional groups attached to an aromatic ring is 1. The minimum absolute atomic E-state index is 0.00519. The highest BCUT2D eigenvalue weighted by molar-refractivity contribution is 5.40. The molecule has 0 radical (unpaired) electrons. The van der Waals surface area contributed by atoms with Gasteiger partial charge in [-0.15, -0.1) is 0 Å². The maximum absolute atomic E-state index is 8.96. The van der Waals surface area contributed by atoms with E-state index in [0.29, 0.717) is 0 Å². The number of hydrogen-bond donors (Lipinski definition) is 3. The number of likely N-dealkylation sites (N-methyl/N-ethyl adjacent to an activating group) is 1. The van der Waals surface area contributed by atoms with Crippen molar-refractivity contribution in [2.45, 2.75) is 6.04 Å². The van der Waals surface area contributed by atoms with Crippen LogP contribution in [0.25, 0.3) is 0 Å². The first kappa shape index (κ1) is 9.03. The van der Waals surface area contributed by atoms with Gasteiger partial charge in [-0.3, -0.25) is 0 Å². The molecule has 0 fully saturated rings. The molecular weight excluding hydrogens is 152 g/mol. The highest BCUT2D eigenvalue weighted by Gasteiger charge is 2.05. The number of hydrogen-bond acceptors (Lipinski definition) is 3. The fraction of sp³-hybridized carbons (Fsp3) is 0.333. The van der Waals surface area contributed by atoms with Gasteiger partial charge in [0, 0.05) is 5.69 Å². The Bertz CT molecular complexity index is 229. The van der Waals surface area contributed by atoms with Crippen LogP contribution in [0.4, 0.5) is 5.69 Å². The first-order valence-corrected chi connectivity index (χ1v) is 3.91. The summed E-state index contributed by atoms with van der Waals surface area (Å²) in [6.45, 7) is 0.0976. The van der Waals surface area contributed by atoms with Crippen LogP contribution in [0.3, 0.4) is 0 Å². The molecule has 1 aromatic carbocycles. The molecule has 1 unspecified atom stereocenters. The molecule has 0 amide bonds. The predicted molar refractivity (Wildman–Crippen MR) is 49.7 cm³/mol. The van der Waals surface area contributed by atoms with Gasteiger partial charge >= 0.3 is 0 Å². The van der Waals surface area contributed by atoms with Crippen molar-refractivity contribution in [1.29, 1.82) is 0 Å². The van der Waals surface area contributed by atoms with Gasteiger partial charge in [0.05, 0.1) is 12.6 Å². The quantitative estimate of drug-likeness (QED) is 0.574. The SMILES string of the molecule is CNC(CO)c1ccc(N)cc1. The van der Waals surface area contributed by atoms with Crippen molar-refractivity contribution in [3.05, 3.63) is 29.8 Å². The minimum Gasteiger partial charge on any atom is -0.399 e. The topological polar surface area (TPSA) is 58.3 Å². The summed E-state index contributed by atoms with van der Waals surface area (Å²) in [5, 5.41) is 12.0. The first-order valence-electron chi connectivity index (χ1n) is 3.91. The van der Waals surface area contributed by atoms with E-state index in [1.54, 1.807) is 0 Å². The molecule has 4 N–H and O–H groups in total. The molecule has 0 saturated heterocycles. The van der Waals surface area contributed by atoms with Crippen LogP contribution in [0, 0.1) is 0 Å². The highest BCUT2D eigenvalue weighted by atomic mass is 16.3. The van der Waals surface area contributed by atoms with E-state index in [2.05, 4.69) is 5.32 Å². The van der Waals surface area contributed by atoms with E-state index in [4.69, 9.17) is 10.8 Å². The van der Waals surface area contributed by atoms with Gasteiger partial charge in [-0.05, 0) is 24.7 Å². The van der Waals surface area contributed by atoms with Crippen molar-refractivity contribution >= 4 is 5.69 Å². The van der Waals surface area contributed by atoms with Crippen molar-refractivity contribution in [2.75, 3.05) is 19.4 Å². The van der Waals surface area contributed by atoms with E-state index in [1.807, 2.05) is 31.3 Å². The summed E-state index contributed by atoms with van der Waals surface area (Å²) in [7, 11) is 1.82. The van der Waals surface area contributed by atoms with Gasteiger partial charge in [0.25, 0.3) is 0 Å². The van der Waals surface area contributed by atoms with Crippen LogP contribution in [0.2, 0.25) is 0 Å². The summed E-state index contributed by atoms with van der Waals surface area (Å²) in [5.41, 5.74) is 7.32. The molecule has 3 heteroatoms. The maximum atomic E-state index is 8.96. The molecule has 3 nitrogen and oxygen atoms in total. The molecule has 0 heterocycles. The lowest BCUT2D eigenvalue weighted by Crippen LogP contribution is -2.19. The summed E-state index contributed by atoms with van der Waals surface area (Å²) in [6.07, 6.45) is 0. The fourth-order valence-electron chi connectivity index (χ4n) is 1.09. The third-order valence-corrected chi connectivity index (χ3v) is 1.87. The Hall–Kier alpha value is -1.06. The fourth-order valence-corrected chi connectivity index (χ4v) is 1.09. The molecule has 0 aliphatic heterocycles. The summed E-state index contributed by atoms with van der Waals surface area (Å²) >= 11 is 0. The second kappa shape index (κ2) is 4.09. The average molecular weight is 166 g/mol. The summed E-state index contributed by atoms with van der Waals surface area (Å²) in [6, 6.07) is 7.48. The number of aliphatic hydroxyl groups is 1. The Kier molecular flexibility index (Phi) is 3.08. The van der Waals surface area contributed by atoms with Crippen LogP contribution < -0.4 is 11.1 Å². The van der Waals surface area contributed by atoms with Gasteiger partial charge in [-0.1, -0.05) is 12.1 Å². The Labute approximate surface area is 72.2 Å². The molecular formula is C9H14N2O. The van der Waals surface area contributed by atoms with Gasteiger partial charge in [0.1, 0.15) is 0 Å². The third kappa shape index (κ3) is 1.96. The standard InChI is InChI=1S/C9H14N2O/c1-11-9(6-12)7-2-4-8(10)5-3-7/h2-5,9,11-12H,6,10H2,1H3. The van der Waals surface area contributed by atoms with Crippen LogP contribution in [0.15, 0.2) is 24.3 Å². The van der Waals surface area contributed by atoms with Crippen LogP contribution in [-0.2, 0) is 0 Å². The highest BCUT2D eigenvalue weighted by Crippen LogP contribution is 2.13. The zero-order valence-electron chi connectivity index (χ0n) is 7.12. The summed E-state index contributed by atoms with van der Waals surface area (Å²) < 4.78 is 0. The second-order valence-corrected chi connectivity index (χ2v) is 2.69. The lowest BCUT2D eigenvalue weighted by Gasteiger charge is -2.12. The monoisotopic (exact) mass is 166 g/mol. The minimum atomic E-state index is 0.00519. The number of nitrogens with two attached hydrogens (primary N) is 1. The molecule has 1 rings (SSSR count). The number of aliphatic hydroxyl groups excluding tert-OH is 1. The molecule has 0 aliphatic rings. The van der Waals surface area contributed by atoms with E-state index in [1.165, 1.54) is 0 Å². The number of benzene rings is 1. The summed E-state index contributed by atoms with van der Waals surface area (Å²) in [5.74, 6) is 0. The molecule has 0 bridgehead atoms. The van der Waals surface area contributed by atoms with Gasteiger partial charge in [-0.25, -0.2) is 0 Å². The van der Waals surface area contributed by atoms with Gasteiger partial charge in [0.15, 0.2) is 0 Å². The zero-order chi connectivity index (χ0) is 8.97. The van der Waals surface area contributed by atoms with E-state index in [0.717, 1.165) is 11.3 Å². The van der Waals surface area contributed by atoms with Crippen molar-refractivity contribution in [2.24, 2.45) is 0 Å². The van der Waals surface area contributed by atoms with E-state index in [-0.39, 0.29) is 12.6 Å². The van der Waals surface area contributed by atoms with E-state index in [9.17, 15) is 0 Å². The van der Waals surface area contributed by atoms with Gasteiger partial charge in [0.2, 0.25) is 0 Å².